The van der Waals surface area contributed by atoms with Crippen molar-refractivity contribution in [2.75, 3.05) is 30.9 Å². The monoisotopic (exact) mass is 525 g/mol. The highest BCUT2D eigenvalue weighted by molar-refractivity contribution is 6.00. The number of pyridine rings is 1. The number of nitrogens with zero attached hydrogens (tertiary/aromatic N) is 3. The van der Waals surface area contributed by atoms with Crippen LogP contribution in [0.5, 0.6) is 5.75 Å². The first-order valence-electron chi connectivity index (χ1n) is 11.8. The number of alkyl halides is 5. The van der Waals surface area contributed by atoms with Crippen molar-refractivity contribution in [3.8, 4) is 5.75 Å². The highest BCUT2D eigenvalue weighted by atomic mass is 19.4. The molecule has 0 bridgehead atoms. The van der Waals surface area contributed by atoms with Gasteiger partial charge < -0.3 is 20.3 Å². The molecule has 2 N–H and O–H groups in total. The number of carbonyl (C=O) groups is 1. The smallest absolute Gasteiger partial charge is 0.405 e. The summed E-state index contributed by atoms with van der Waals surface area (Å²) in [5, 5.41) is 5.22. The average Bonchev–Trinajstić information content (AvgIpc) is 3.32. The minimum absolute atomic E-state index is 0.0409. The molecule has 12 heteroatoms. The number of halogens is 5. The Morgan fingerprint density at radius 3 is 2.57 bits per heavy atom. The van der Waals surface area contributed by atoms with Crippen molar-refractivity contribution in [3.05, 3.63) is 53.9 Å². The molecule has 2 aromatic heterocycles. The molecule has 0 saturated heterocycles. The minimum Gasteiger partial charge on any atom is -0.497 e. The van der Waals surface area contributed by atoms with Crippen LogP contribution in [-0.4, -0.2) is 54.3 Å². The first-order valence-corrected chi connectivity index (χ1v) is 11.8. The van der Waals surface area contributed by atoms with Gasteiger partial charge in [0.15, 0.2) is 0 Å². The summed E-state index contributed by atoms with van der Waals surface area (Å²) in [5.74, 6) is 0.605. The zero-order valence-electron chi connectivity index (χ0n) is 20.4. The van der Waals surface area contributed by atoms with Crippen LogP contribution >= 0.6 is 0 Å². The van der Waals surface area contributed by atoms with E-state index in [-0.39, 0.29) is 29.0 Å². The summed E-state index contributed by atoms with van der Waals surface area (Å²) in [5.41, 5.74) is 0.301. The van der Waals surface area contributed by atoms with Gasteiger partial charge in [0.25, 0.3) is 12.3 Å². The van der Waals surface area contributed by atoms with E-state index in [2.05, 4.69) is 15.6 Å². The Bertz CT molecular complexity index is 1240. The lowest BCUT2D eigenvalue weighted by molar-refractivity contribution is -0.115. The molecule has 0 atom stereocenters. The summed E-state index contributed by atoms with van der Waals surface area (Å²) in [6.07, 6.45) is -2.98. The molecule has 4 rings (SSSR count). The van der Waals surface area contributed by atoms with Crippen molar-refractivity contribution in [1.29, 1.82) is 0 Å². The van der Waals surface area contributed by atoms with Crippen LogP contribution in [-0.2, 0) is 0 Å². The number of amides is 1. The number of imidazole rings is 1. The standard InChI is InChI=1S/C25H28F5N5O2/c1-34(22-5-3-4-21-33-20(23(26)27)13-35(21)22)16-8-6-15(7-9-16)32-24(36)18-11-10-17(37-2)12-19(18)31-14-25(28,29)30/h3-5,10-13,15-16,23,31H,6-9,14H2,1-2H3,(H,32,36)/t15-,16+. The van der Waals surface area contributed by atoms with Crippen LogP contribution in [0.1, 0.15) is 48.2 Å². The number of ether oxygens (including phenoxy) is 1. The predicted octanol–water partition coefficient (Wildman–Crippen LogP) is 5.43. The number of carbonyl (C=O) groups excluding carboxylic acids is 1. The van der Waals surface area contributed by atoms with Gasteiger partial charge in [-0.15, -0.1) is 0 Å². The van der Waals surface area contributed by atoms with Gasteiger partial charge in [-0.2, -0.15) is 13.2 Å². The molecule has 3 aromatic rings. The van der Waals surface area contributed by atoms with Crippen LogP contribution in [0.2, 0.25) is 0 Å². The van der Waals surface area contributed by atoms with E-state index < -0.39 is 25.1 Å². The quantitative estimate of drug-likeness (QED) is 0.384. The predicted molar refractivity (Wildman–Crippen MR) is 130 cm³/mol. The molecule has 200 valence electrons. The van der Waals surface area contributed by atoms with Crippen LogP contribution < -0.4 is 20.3 Å². The lowest BCUT2D eigenvalue weighted by Gasteiger charge is -2.36. The van der Waals surface area contributed by atoms with Crippen molar-refractivity contribution in [2.24, 2.45) is 0 Å². The summed E-state index contributed by atoms with van der Waals surface area (Å²) in [4.78, 5) is 19.0. The van der Waals surface area contributed by atoms with Crippen LogP contribution in [0.3, 0.4) is 0 Å². The molecule has 0 spiro atoms. The van der Waals surface area contributed by atoms with Crippen molar-refractivity contribution in [1.82, 2.24) is 14.7 Å². The third-order valence-electron chi connectivity index (χ3n) is 6.60. The molecule has 37 heavy (non-hydrogen) atoms. The van der Waals surface area contributed by atoms with E-state index in [0.717, 1.165) is 18.7 Å². The molecule has 7 nitrogen and oxygen atoms in total. The second kappa shape index (κ2) is 10.8. The second-order valence-corrected chi connectivity index (χ2v) is 9.05. The molecule has 2 heterocycles. The van der Waals surface area contributed by atoms with E-state index in [0.29, 0.717) is 24.2 Å². The zero-order chi connectivity index (χ0) is 26.7. The number of aromatic nitrogens is 2. The maximum Gasteiger partial charge on any atom is 0.405 e. The van der Waals surface area contributed by atoms with Crippen LogP contribution in [0.15, 0.2) is 42.6 Å². The van der Waals surface area contributed by atoms with Gasteiger partial charge in [-0.1, -0.05) is 6.07 Å². The molecule has 1 aliphatic carbocycles. The third kappa shape index (κ3) is 6.23. The molecular weight excluding hydrogens is 497 g/mol. The maximum atomic E-state index is 13.1. The molecule has 1 amide bonds. The SMILES string of the molecule is COc1ccc(C(=O)N[C@H]2CC[C@@H](N(C)c3cccc4nc(C(F)F)cn34)CC2)c(NCC(F)(F)F)c1. The topological polar surface area (TPSA) is 70.9 Å². The van der Waals surface area contributed by atoms with Gasteiger partial charge in [-0.3, -0.25) is 9.20 Å². The van der Waals surface area contributed by atoms with Crippen LogP contribution in [0.4, 0.5) is 33.5 Å². The first-order chi connectivity index (χ1) is 17.6. The maximum absolute atomic E-state index is 13.1. The third-order valence-corrected chi connectivity index (χ3v) is 6.60. The summed E-state index contributed by atoms with van der Waals surface area (Å²) >= 11 is 0. The van der Waals surface area contributed by atoms with E-state index in [9.17, 15) is 26.7 Å². The molecule has 0 aliphatic heterocycles. The lowest BCUT2D eigenvalue weighted by atomic mass is 9.90. The first kappa shape index (κ1) is 26.5. The molecule has 1 aliphatic rings. The Morgan fingerprint density at radius 1 is 1.19 bits per heavy atom. The van der Waals surface area contributed by atoms with Gasteiger partial charge in [0.1, 0.15) is 29.5 Å². The van der Waals surface area contributed by atoms with E-state index >= 15 is 0 Å². The van der Waals surface area contributed by atoms with Crippen LogP contribution in [0.25, 0.3) is 5.65 Å². The second-order valence-electron chi connectivity index (χ2n) is 9.05. The van der Waals surface area contributed by atoms with E-state index in [1.54, 1.807) is 16.5 Å². The zero-order valence-corrected chi connectivity index (χ0v) is 20.4. The largest absolute Gasteiger partial charge is 0.497 e. The number of fused-ring (bicyclic) bond motifs is 1. The van der Waals surface area contributed by atoms with Gasteiger partial charge in [0.2, 0.25) is 0 Å². The Kier molecular flexibility index (Phi) is 7.74. The minimum atomic E-state index is -4.44. The number of nitrogens with one attached hydrogen (secondary N) is 2. The fraction of sp³-hybridized carbons (Fsp3) is 0.440. The normalized spacial score (nSPS) is 18.2. The average molecular weight is 526 g/mol. The number of rotatable bonds is 8. The van der Waals surface area contributed by atoms with Gasteiger partial charge in [0.05, 0.1) is 18.4 Å². The lowest BCUT2D eigenvalue weighted by Crippen LogP contribution is -2.43. The Labute approximate surface area is 210 Å². The fourth-order valence-corrected chi connectivity index (χ4v) is 4.66. The molecule has 1 aromatic carbocycles. The molecule has 0 unspecified atom stereocenters. The number of hydrogen-bond acceptors (Lipinski definition) is 5. The van der Waals surface area contributed by atoms with Gasteiger partial charge in [-0.05, 0) is 49.9 Å². The summed E-state index contributed by atoms with van der Waals surface area (Å²) in [7, 11) is 3.29. The Balaban J connectivity index is 1.40. The Morgan fingerprint density at radius 2 is 1.92 bits per heavy atom. The van der Waals surface area contributed by atoms with Crippen molar-refractivity contribution >= 4 is 23.1 Å². The van der Waals surface area contributed by atoms with E-state index in [4.69, 9.17) is 4.74 Å². The van der Waals surface area contributed by atoms with Crippen molar-refractivity contribution in [2.45, 2.75) is 50.4 Å². The van der Waals surface area contributed by atoms with Gasteiger partial charge >= 0.3 is 6.18 Å². The number of methoxy groups -OCH3 is 1. The summed E-state index contributed by atoms with van der Waals surface area (Å²) in [6.45, 7) is -1.28. The fourth-order valence-electron chi connectivity index (χ4n) is 4.66. The molecular formula is C25H28F5N5O2. The number of benzene rings is 1. The molecule has 1 saturated carbocycles. The van der Waals surface area contributed by atoms with E-state index in [1.165, 1.54) is 31.5 Å². The van der Waals surface area contributed by atoms with E-state index in [1.807, 2.05) is 18.0 Å². The highest BCUT2D eigenvalue weighted by Gasteiger charge is 2.29. The van der Waals surface area contributed by atoms with Crippen molar-refractivity contribution < 1.29 is 31.5 Å². The van der Waals surface area contributed by atoms with Gasteiger partial charge in [-0.25, -0.2) is 13.8 Å². The van der Waals surface area contributed by atoms with Crippen molar-refractivity contribution in [3.63, 3.8) is 0 Å². The highest BCUT2D eigenvalue weighted by Crippen LogP contribution is 2.30. The summed E-state index contributed by atoms with van der Waals surface area (Å²) in [6, 6.07) is 9.58. The van der Waals surface area contributed by atoms with Gasteiger partial charge in [0, 0.05) is 31.4 Å². The Hall–Kier alpha value is -3.57. The number of anilines is 2. The van der Waals surface area contributed by atoms with Crippen LogP contribution in [0, 0.1) is 0 Å². The number of hydrogen-bond donors (Lipinski definition) is 2. The molecule has 0 radical (unpaired) electrons. The molecule has 1 fully saturated rings. The summed E-state index contributed by atoms with van der Waals surface area (Å²) < 4.78 is 71.2.